The quantitative estimate of drug-likeness (QED) is 0.300. The lowest BCUT2D eigenvalue weighted by Crippen LogP contribution is -2.28. The van der Waals surface area contributed by atoms with Crippen LogP contribution in [0.1, 0.15) is 0 Å². The molecular formula is C4H10N4. The molecular weight excluding hydrogens is 104 g/mol. The molecule has 0 fully saturated rings. The summed E-state index contributed by atoms with van der Waals surface area (Å²) in [5, 5.41) is 8.14. The predicted molar refractivity (Wildman–Crippen MR) is 34.1 cm³/mol. The van der Waals surface area contributed by atoms with Crippen LogP contribution in [-0.4, -0.2) is 31.8 Å². The molecule has 4 nitrogen and oxygen atoms in total. The Labute approximate surface area is 48.7 Å². The van der Waals surface area contributed by atoms with Gasteiger partial charge in [-0.2, -0.15) is 0 Å². The van der Waals surface area contributed by atoms with Gasteiger partial charge in [-0.15, -0.1) is 0 Å². The molecule has 46 valence electrons. The molecule has 0 aliphatic rings. The molecule has 0 atom stereocenters. The minimum Gasteiger partial charge on any atom is -0.302 e. The van der Waals surface area contributed by atoms with E-state index in [0.29, 0.717) is 0 Å². The molecule has 0 amide bonds. The molecule has 0 unspecified atom stereocenters. The summed E-state index contributed by atoms with van der Waals surface area (Å²) < 4.78 is 0. The van der Waals surface area contributed by atoms with Crippen molar-refractivity contribution in [1.82, 2.24) is 10.4 Å². The van der Waals surface area contributed by atoms with Crippen LogP contribution in [0.5, 0.6) is 0 Å². The van der Waals surface area contributed by atoms with Gasteiger partial charge in [0.25, 0.3) is 0 Å². The summed E-state index contributed by atoms with van der Waals surface area (Å²) in [7, 11) is 3.57. The topological polar surface area (TPSA) is 51.5 Å². The number of hydrazine groups is 1. The lowest BCUT2D eigenvalue weighted by atomic mass is 11.0. The van der Waals surface area contributed by atoms with Crippen LogP contribution in [-0.2, 0) is 0 Å². The van der Waals surface area contributed by atoms with Crippen LogP contribution in [0.15, 0.2) is 4.99 Å². The van der Waals surface area contributed by atoms with Crippen LogP contribution >= 0.6 is 0 Å². The lowest BCUT2D eigenvalue weighted by molar-refractivity contribution is 0.422. The normalized spacial score (nSPS) is 9.75. The number of nitrogens with one attached hydrogen (secondary N) is 2. The summed E-state index contributed by atoms with van der Waals surface area (Å²) in [6.07, 6.45) is 2.49. The van der Waals surface area contributed by atoms with E-state index in [1.54, 1.807) is 19.1 Å². The first-order valence-corrected chi connectivity index (χ1v) is 2.23. The third-order valence-electron chi connectivity index (χ3n) is 0.667. The summed E-state index contributed by atoms with van der Waals surface area (Å²) in [5.74, 6) is 0. The van der Waals surface area contributed by atoms with Crippen molar-refractivity contribution in [3.63, 3.8) is 0 Å². The second-order valence-corrected chi connectivity index (χ2v) is 1.23. The van der Waals surface area contributed by atoms with E-state index < -0.39 is 0 Å². The molecule has 0 spiro atoms. The molecule has 0 saturated heterocycles. The SMILES string of the molecule is CNN(C)/C=N\C=N. The van der Waals surface area contributed by atoms with E-state index in [-0.39, 0.29) is 0 Å². The Kier molecular flexibility index (Phi) is 3.78. The molecule has 0 aromatic carbocycles. The van der Waals surface area contributed by atoms with Crippen molar-refractivity contribution in [2.75, 3.05) is 14.1 Å². The van der Waals surface area contributed by atoms with Crippen LogP contribution in [0.3, 0.4) is 0 Å². The molecule has 8 heavy (non-hydrogen) atoms. The Morgan fingerprint density at radius 2 is 2.38 bits per heavy atom. The zero-order valence-electron chi connectivity index (χ0n) is 5.05. The third-order valence-corrected chi connectivity index (χ3v) is 0.667. The first-order valence-electron chi connectivity index (χ1n) is 2.23. The van der Waals surface area contributed by atoms with Gasteiger partial charge < -0.3 is 5.01 Å². The van der Waals surface area contributed by atoms with Gasteiger partial charge in [-0.3, -0.25) is 5.41 Å². The third kappa shape index (κ3) is 3.30. The second-order valence-electron chi connectivity index (χ2n) is 1.23. The second kappa shape index (κ2) is 4.26. The lowest BCUT2D eigenvalue weighted by Gasteiger charge is -2.07. The first-order chi connectivity index (χ1) is 3.81. The number of aliphatic imine (C=N–C) groups is 1. The number of nitrogens with zero attached hydrogens (tertiary/aromatic N) is 2. The van der Waals surface area contributed by atoms with Gasteiger partial charge in [0.2, 0.25) is 0 Å². The Bertz CT molecular complexity index is 88.0. The van der Waals surface area contributed by atoms with Crippen LogP contribution in [0.2, 0.25) is 0 Å². The first kappa shape index (κ1) is 7.10. The van der Waals surface area contributed by atoms with E-state index in [2.05, 4.69) is 10.4 Å². The van der Waals surface area contributed by atoms with E-state index >= 15 is 0 Å². The highest BCUT2D eigenvalue weighted by Gasteiger charge is 1.77. The van der Waals surface area contributed by atoms with Crippen molar-refractivity contribution in [3.05, 3.63) is 0 Å². The van der Waals surface area contributed by atoms with E-state index in [9.17, 15) is 0 Å². The smallest absolute Gasteiger partial charge is 0.108 e. The van der Waals surface area contributed by atoms with Gasteiger partial charge >= 0.3 is 0 Å². The Morgan fingerprint density at radius 1 is 1.75 bits per heavy atom. The molecule has 0 aliphatic carbocycles. The van der Waals surface area contributed by atoms with Gasteiger partial charge in [-0.05, 0) is 0 Å². The Hall–Kier alpha value is -0.900. The number of hydrogen-bond donors (Lipinski definition) is 2. The largest absolute Gasteiger partial charge is 0.302 e. The fourth-order valence-electron chi connectivity index (χ4n) is 0.191. The van der Waals surface area contributed by atoms with Crippen molar-refractivity contribution >= 4 is 12.7 Å². The standard InChI is InChI=1S/C4H10N4/c1-6-8(2)4-7-3-5/h3-6H,1-2H3/b5-3?,7-4-. The molecule has 0 radical (unpaired) electrons. The molecule has 0 aromatic rings. The zero-order valence-corrected chi connectivity index (χ0v) is 5.05. The van der Waals surface area contributed by atoms with E-state index in [1.807, 2.05) is 0 Å². The highest BCUT2D eigenvalue weighted by molar-refractivity contribution is 5.68. The predicted octanol–water partition coefficient (Wildman–Crippen LogP) is -0.312. The highest BCUT2D eigenvalue weighted by Crippen LogP contribution is 1.61. The Morgan fingerprint density at radius 3 is 2.75 bits per heavy atom. The Balaban J connectivity index is 3.35. The maximum atomic E-state index is 6.49. The van der Waals surface area contributed by atoms with Gasteiger partial charge in [-0.1, -0.05) is 0 Å². The number of hydrogen-bond acceptors (Lipinski definition) is 2. The minimum absolute atomic E-state index is 0.980. The van der Waals surface area contributed by atoms with Gasteiger partial charge in [0.05, 0.1) is 0 Å². The fraction of sp³-hybridized carbons (Fsp3) is 0.500. The molecule has 0 aromatic heterocycles. The van der Waals surface area contributed by atoms with Crippen LogP contribution in [0, 0.1) is 5.41 Å². The van der Waals surface area contributed by atoms with Crippen molar-refractivity contribution < 1.29 is 0 Å². The summed E-state index contributed by atoms with van der Waals surface area (Å²) in [4.78, 5) is 3.52. The maximum absolute atomic E-state index is 6.49. The summed E-state index contributed by atoms with van der Waals surface area (Å²) in [5.41, 5.74) is 2.78. The monoisotopic (exact) mass is 114 g/mol. The van der Waals surface area contributed by atoms with Crippen molar-refractivity contribution in [1.29, 1.82) is 5.41 Å². The van der Waals surface area contributed by atoms with Crippen LogP contribution in [0.25, 0.3) is 0 Å². The van der Waals surface area contributed by atoms with Gasteiger partial charge in [-0.25, -0.2) is 10.4 Å². The number of rotatable bonds is 3. The maximum Gasteiger partial charge on any atom is 0.108 e. The molecule has 0 heterocycles. The minimum atomic E-state index is 0.980. The van der Waals surface area contributed by atoms with Gasteiger partial charge in [0, 0.05) is 14.1 Å². The van der Waals surface area contributed by atoms with Crippen molar-refractivity contribution in [2.45, 2.75) is 0 Å². The average molecular weight is 114 g/mol. The molecule has 0 bridgehead atoms. The van der Waals surface area contributed by atoms with Crippen LogP contribution in [0.4, 0.5) is 0 Å². The van der Waals surface area contributed by atoms with E-state index in [1.165, 1.54) is 6.34 Å². The molecule has 0 saturated carbocycles. The average Bonchev–Trinajstić information content (AvgIpc) is 1.83. The zero-order chi connectivity index (χ0) is 6.41. The van der Waals surface area contributed by atoms with E-state index in [0.717, 1.165) is 6.34 Å². The molecule has 2 N–H and O–H groups in total. The van der Waals surface area contributed by atoms with Crippen molar-refractivity contribution in [2.24, 2.45) is 4.99 Å². The van der Waals surface area contributed by atoms with E-state index in [4.69, 9.17) is 5.41 Å². The summed E-state index contributed by atoms with van der Waals surface area (Å²) in [6.45, 7) is 0. The summed E-state index contributed by atoms with van der Waals surface area (Å²) in [6, 6.07) is 0. The van der Waals surface area contributed by atoms with Gasteiger partial charge in [0.1, 0.15) is 12.7 Å². The molecule has 0 rings (SSSR count). The summed E-state index contributed by atoms with van der Waals surface area (Å²) >= 11 is 0. The molecule has 0 aliphatic heterocycles. The van der Waals surface area contributed by atoms with Crippen LogP contribution < -0.4 is 5.43 Å². The molecule has 4 heteroatoms. The highest BCUT2D eigenvalue weighted by atomic mass is 15.5. The van der Waals surface area contributed by atoms with Gasteiger partial charge in [0.15, 0.2) is 0 Å². The van der Waals surface area contributed by atoms with Crippen molar-refractivity contribution in [3.8, 4) is 0 Å². The fourth-order valence-corrected chi connectivity index (χ4v) is 0.191.